The molecular weight excluding hydrogens is 424 g/mol. The Kier molecular flexibility index (Phi) is 4.49. The first-order valence-electron chi connectivity index (χ1n) is 10.9. The second-order valence-corrected chi connectivity index (χ2v) is 8.25. The summed E-state index contributed by atoms with van der Waals surface area (Å²) < 4.78 is 0. The van der Waals surface area contributed by atoms with Gasteiger partial charge in [-0.15, -0.1) is 0 Å². The van der Waals surface area contributed by atoms with Crippen molar-refractivity contribution >= 4 is 50.6 Å². The van der Waals surface area contributed by atoms with Crippen LogP contribution in [0.1, 0.15) is 31.1 Å². The van der Waals surface area contributed by atoms with Gasteiger partial charge in [-0.05, 0) is 64.0 Å². The number of hydrogen-bond acceptors (Lipinski definition) is 3. The predicted molar refractivity (Wildman–Crippen MR) is 133 cm³/mol. The Bertz CT molecular complexity index is 1650. The van der Waals surface area contributed by atoms with Crippen LogP contribution < -0.4 is 10.2 Å². The average molecular weight is 442 g/mol. The molecule has 0 bridgehead atoms. The number of nitrogens with one attached hydrogen (secondary N) is 1. The average Bonchev–Trinajstić information content (AvgIpc) is 3.12. The molecule has 0 fully saturated rings. The molecule has 5 heteroatoms. The van der Waals surface area contributed by atoms with Crippen molar-refractivity contribution in [3.63, 3.8) is 0 Å². The highest BCUT2D eigenvalue weighted by molar-refractivity contribution is 6.35. The van der Waals surface area contributed by atoms with E-state index in [0.717, 1.165) is 21.5 Å². The second kappa shape index (κ2) is 7.67. The molecule has 0 atom stereocenters. The Hall–Kier alpha value is -4.77. The number of amides is 3. The van der Waals surface area contributed by atoms with Gasteiger partial charge in [-0.25, -0.2) is 4.90 Å². The Morgan fingerprint density at radius 2 is 1.21 bits per heavy atom. The number of imide groups is 1. The summed E-state index contributed by atoms with van der Waals surface area (Å²) in [6, 6.07) is 31.4. The minimum Gasteiger partial charge on any atom is -0.322 e. The van der Waals surface area contributed by atoms with E-state index in [2.05, 4.69) is 5.32 Å². The molecule has 0 aliphatic carbocycles. The maximum atomic E-state index is 13.2. The van der Waals surface area contributed by atoms with Crippen molar-refractivity contribution in [2.24, 2.45) is 0 Å². The van der Waals surface area contributed by atoms with Crippen molar-refractivity contribution in [2.45, 2.75) is 0 Å². The molecule has 0 spiro atoms. The van der Waals surface area contributed by atoms with E-state index in [1.807, 2.05) is 78.9 Å². The molecule has 0 saturated carbocycles. The molecular formula is C29H18N2O3. The number of fused-ring (bicyclic) bond motifs is 3. The third-order valence-corrected chi connectivity index (χ3v) is 6.15. The molecule has 34 heavy (non-hydrogen) atoms. The van der Waals surface area contributed by atoms with Crippen molar-refractivity contribution in [1.29, 1.82) is 0 Å². The van der Waals surface area contributed by atoms with Gasteiger partial charge in [0.25, 0.3) is 17.7 Å². The molecule has 0 unspecified atom stereocenters. The van der Waals surface area contributed by atoms with E-state index in [9.17, 15) is 14.4 Å². The monoisotopic (exact) mass is 442 g/mol. The first-order valence-corrected chi connectivity index (χ1v) is 10.9. The Morgan fingerprint density at radius 1 is 0.588 bits per heavy atom. The highest BCUT2D eigenvalue weighted by Gasteiger charge is 2.37. The number of rotatable bonds is 3. The van der Waals surface area contributed by atoms with Gasteiger partial charge in [0.1, 0.15) is 0 Å². The lowest BCUT2D eigenvalue weighted by Gasteiger charge is -2.14. The number of anilines is 2. The third kappa shape index (κ3) is 3.22. The number of benzene rings is 5. The van der Waals surface area contributed by atoms with Gasteiger partial charge in [0.2, 0.25) is 0 Å². The summed E-state index contributed by atoms with van der Waals surface area (Å²) in [7, 11) is 0. The zero-order valence-electron chi connectivity index (χ0n) is 18.0. The predicted octanol–water partition coefficient (Wildman–Crippen LogP) is 6.05. The first kappa shape index (κ1) is 19.9. The minimum atomic E-state index is -0.435. The van der Waals surface area contributed by atoms with Crippen LogP contribution in [0.3, 0.4) is 0 Å². The lowest BCUT2D eigenvalue weighted by atomic mass is 10.0. The topological polar surface area (TPSA) is 66.5 Å². The molecule has 1 aliphatic heterocycles. The molecule has 0 radical (unpaired) electrons. The molecule has 5 aromatic rings. The number of hydrogen-bond donors (Lipinski definition) is 1. The van der Waals surface area contributed by atoms with Gasteiger partial charge in [-0.3, -0.25) is 14.4 Å². The van der Waals surface area contributed by atoms with Gasteiger partial charge in [0.05, 0.1) is 16.8 Å². The molecule has 5 aromatic carbocycles. The summed E-state index contributed by atoms with van der Waals surface area (Å²) in [5.74, 6) is -1.17. The summed E-state index contributed by atoms with van der Waals surface area (Å²) in [5, 5.41) is 6.94. The molecule has 5 nitrogen and oxygen atoms in total. The van der Waals surface area contributed by atoms with Crippen molar-refractivity contribution < 1.29 is 14.4 Å². The Labute approximate surface area is 195 Å². The fourth-order valence-corrected chi connectivity index (χ4v) is 4.40. The summed E-state index contributed by atoms with van der Waals surface area (Å²) in [5.41, 5.74) is 2.00. The van der Waals surface area contributed by atoms with Crippen LogP contribution in [0.25, 0.3) is 21.5 Å². The Morgan fingerprint density at radius 3 is 1.94 bits per heavy atom. The van der Waals surface area contributed by atoms with Gasteiger partial charge < -0.3 is 5.32 Å². The number of nitrogens with zero attached hydrogens (tertiary/aromatic N) is 1. The lowest BCUT2D eigenvalue weighted by Crippen LogP contribution is -2.29. The van der Waals surface area contributed by atoms with E-state index in [4.69, 9.17) is 0 Å². The van der Waals surface area contributed by atoms with Crippen LogP contribution >= 0.6 is 0 Å². The molecule has 1 N–H and O–H groups in total. The summed E-state index contributed by atoms with van der Waals surface area (Å²) >= 11 is 0. The standard InChI is InChI=1S/C29H18N2O3/c32-27(30-23-12-9-18-5-1-3-7-20(18)15-23)22-11-14-25-26(17-22)29(34)31(28(25)33)24-13-10-19-6-2-4-8-21(19)16-24/h1-17H,(H,30,32). The largest absolute Gasteiger partial charge is 0.322 e. The van der Waals surface area contributed by atoms with E-state index in [-0.39, 0.29) is 11.5 Å². The molecule has 162 valence electrons. The summed E-state index contributed by atoms with van der Waals surface area (Å²) in [4.78, 5) is 40.3. The fraction of sp³-hybridized carbons (Fsp3) is 0. The maximum Gasteiger partial charge on any atom is 0.266 e. The summed E-state index contributed by atoms with van der Waals surface area (Å²) in [6.45, 7) is 0. The third-order valence-electron chi connectivity index (χ3n) is 6.15. The Balaban J connectivity index is 1.30. The van der Waals surface area contributed by atoms with E-state index >= 15 is 0 Å². The normalized spacial score (nSPS) is 12.9. The molecule has 3 amide bonds. The van der Waals surface area contributed by atoms with Crippen molar-refractivity contribution in [1.82, 2.24) is 0 Å². The van der Waals surface area contributed by atoms with E-state index in [0.29, 0.717) is 22.5 Å². The minimum absolute atomic E-state index is 0.226. The second-order valence-electron chi connectivity index (χ2n) is 8.25. The van der Waals surface area contributed by atoms with Crippen molar-refractivity contribution in [3.8, 4) is 0 Å². The highest BCUT2D eigenvalue weighted by atomic mass is 16.2. The molecule has 1 heterocycles. The molecule has 0 aromatic heterocycles. The van der Waals surface area contributed by atoms with Gasteiger partial charge >= 0.3 is 0 Å². The van der Waals surface area contributed by atoms with Crippen LogP contribution in [-0.2, 0) is 0 Å². The molecule has 0 saturated heterocycles. The lowest BCUT2D eigenvalue weighted by molar-refractivity contribution is 0.0925. The van der Waals surface area contributed by atoms with Crippen molar-refractivity contribution in [3.05, 3.63) is 120 Å². The van der Waals surface area contributed by atoms with E-state index in [1.165, 1.54) is 11.0 Å². The zero-order valence-corrected chi connectivity index (χ0v) is 18.0. The fourth-order valence-electron chi connectivity index (χ4n) is 4.40. The SMILES string of the molecule is O=C(Nc1ccc2ccccc2c1)c1ccc2c(c1)C(=O)N(c1ccc3ccccc3c1)C2=O. The van der Waals surface area contributed by atoms with E-state index < -0.39 is 11.8 Å². The zero-order chi connectivity index (χ0) is 23.2. The van der Waals surface area contributed by atoms with Gasteiger partial charge in [-0.1, -0.05) is 60.7 Å². The van der Waals surface area contributed by atoms with E-state index in [1.54, 1.807) is 18.2 Å². The van der Waals surface area contributed by atoms with Gasteiger partial charge in [0.15, 0.2) is 0 Å². The van der Waals surface area contributed by atoms with Crippen LogP contribution in [0.15, 0.2) is 103 Å². The van der Waals surface area contributed by atoms with Gasteiger partial charge in [-0.2, -0.15) is 0 Å². The molecule has 6 rings (SSSR count). The van der Waals surface area contributed by atoms with Crippen LogP contribution in [-0.4, -0.2) is 17.7 Å². The number of carbonyl (C=O) groups excluding carboxylic acids is 3. The first-order chi connectivity index (χ1) is 16.6. The summed E-state index contributed by atoms with van der Waals surface area (Å²) in [6.07, 6.45) is 0. The molecule has 1 aliphatic rings. The van der Waals surface area contributed by atoms with Crippen molar-refractivity contribution in [2.75, 3.05) is 10.2 Å². The van der Waals surface area contributed by atoms with Crippen LogP contribution in [0, 0.1) is 0 Å². The van der Waals surface area contributed by atoms with Crippen LogP contribution in [0.2, 0.25) is 0 Å². The maximum absolute atomic E-state index is 13.2. The highest BCUT2D eigenvalue weighted by Crippen LogP contribution is 2.31. The van der Waals surface area contributed by atoms with Gasteiger partial charge in [0, 0.05) is 11.3 Å². The van der Waals surface area contributed by atoms with Crippen LogP contribution in [0.5, 0.6) is 0 Å². The van der Waals surface area contributed by atoms with Crippen LogP contribution in [0.4, 0.5) is 11.4 Å². The quantitative estimate of drug-likeness (QED) is 0.346. The smallest absolute Gasteiger partial charge is 0.266 e. The number of carbonyl (C=O) groups is 3.